The first-order chi connectivity index (χ1) is 8.19. The molecule has 17 heavy (non-hydrogen) atoms. The number of pyridine rings is 1. The summed E-state index contributed by atoms with van der Waals surface area (Å²) in [6, 6.07) is 5.44. The van der Waals surface area contributed by atoms with E-state index in [1.54, 1.807) is 0 Å². The normalized spacial score (nSPS) is 42.6. The summed E-state index contributed by atoms with van der Waals surface area (Å²) in [5.74, 6) is 2.00. The maximum atomic E-state index is 4.40. The number of aromatic nitrogens is 1. The van der Waals surface area contributed by atoms with Crippen LogP contribution >= 0.6 is 15.9 Å². The van der Waals surface area contributed by atoms with Gasteiger partial charge in [0.15, 0.2) is 0 Å². The second-order valence-corrected chi connectivity index (χ2v) is 6.75. The van der Waals surface area contributed by atoms with Crippen LogP contribution in [-0.4, -0.2) is 35.6 Å². The number of likely N-dealkylation sites (tertiary alicyclic amines) is 1. The molecule has 4 atom stereocenters. The zero-order chi connectivity index (χ0) is 11.6. The number of nitrogens with zero attached hydrogens (tertiary/aromatic N) is 2. The quantitative estimate of drug-likeness (QED) is 0.907. The lowest BCUT2D eigenvalue weighted by Gasteiger charge is -2.47. The Bertz CT molecular complexity index is 460. The van der Waals surface area contributed by atoms with Gasteiger partial charge >= 0.3 is 0 Å². The van der Waals surface area contributed by atoms with E-state index in [-0.39, 0.29) is 0 Å². The van der Waals surface area contributed by atoms with Crippen molar-refractivity contribution in [3.63, 3.8) is 0 Å². The number of halogens is 1. The predicted octanol–water partition coefficient (Wildman–Crippen LogP) is 2.35. The van der Waals surface area contributed by atoms with Crippen LogP contribution in [0.2, 0.25) is 0 Å². The van der Waals surface area contributed by atoms with Crippen LogP contribution in [0.4, 0.5) is 5.82 Å². The molecule has 0 bridgehead atoms. The fraction of sp³-hybridized carbons (Fsp3) is 0.615. The van der Waals surface area contributed by atoms with E-state index in [1.807, 2.05) is 12.3 Å². The van der Waals surface area contributed by atoms with Crippen molar-refractivity contribution in [3.05, 3.63) is 22.8 Å². The summed E-state index contributed by atoms with van der Waals surface area (Å²) in [6.07, 6.45) is 4.66. The predicted molar refractivity (Wildman–Crippen MR) is 70.9 cm³/mol. The number of likely N-dealkylation sites (N-methyl/N-ethyl adjacent to an activating group) is 1. The van der Waals surface area contributed by atoms with Gasteiger partial charge in [-0.25, -0.2) is 4.98 Å². The monoisotopic (exact) mass is 293 g/mol. The Kier molecular flexibility index (Phi) is 1.96. The second kappa shape index (κ2) is 3.23. The van der Waals surface area contributed by atoms with Gasteiger partial charge in [0.1, 0.15) is 5.82 Å². The van der Waals surface area contributed by atoms with Gasteiger partial charge in [-0.3, -0.25) is 0 Å². The smallest absolute Gasteiger partial charge is 0.126 e. The van der Waals surface area contributed by atoms with Crippen molar-refractivity contribution in [2.45, 2.75) is 24.9 Å². The first kappa shape index (κ1) is 10.3. The standard InChI is InChI=1S/C13H16BrN3/c1-17-7-8-4-13(8)5-10(12(13)17)16-11-3-2-9(14)6-15-11/h2-3,6,8,10,12H,4-5,7H2,1H3,(H,15,16). The van der Waals surface area contributed by atoms with Crippen molar-refractivity contribution in [1.82, 2.24) is 9.88 Å². The zero-order valence-corrected chi connectivity index (χ0v) is 11.4. The van der Waals surface area contributed by atoms with Crippen LogP contribution in [0.25, 0.3) is 0 Å². The van der Waals surface area contributed by atoms with E-state index in [4.69, 9.17) is 0 Å². The molecule has 2 aliphatic carbocycles. The number of rotatable bonds is 2. The van der Waals surface area contributed by atoms with Crippen molar-refractivity contribution >= 4 is 21.7 Å². The first-order valence-electron chi connectivity index (χ1n) is 6.27. The fourth-order valence-electron chi connectivity index (χ4n) is 4.13. The first-order valence-corrected chi connectivity index (χ1v) is 7.07. The SMILES string of the molecule is CN1CC2CC23CC(Nc2ccc(Br)cn2)C13. The number of anilines is 1. The molecular weight excluding hydrogens is 278 g/mol. The van der Waals surface area contributed by atoms with E-state index in [1.165, 1.54) is 19.4 Å². The third kappa shape index (κ3) is 1.34. The summed E-state index contributed by atoms with van der Waals surface area (Å²) in [5, 5.41) is 3.59. The van der Waals surface area contributed by atoms with E-state index in [0.717, 1.165) is 22.3 Å². The summed E-state index contributed by atoms with van der Waals surface area (Å²) < 4.78 is 1.04. The van der Waals surface area contributed by atoms with Gasteiger partial charge in [-0.15, -0.1) is 0 Å². The van der Waals surface area contributed by atoms with Crippen LogP contribution in [0, 0.1) is 11.3 Å². The molecule has 4 heteroatoms. The fourth-order valence-corrected chi connectivity index (χ4v) is 4.36. The molecule has 1 aromatic heterocycles. The summed E-state index contributed by atoms with van der Waals surface area (Å²) in [4.78, 5) is 6.94. The van der Waals surface area contributed by atoms with Crippen molar-refractivity contribution in [1.29, 1.82) is 0 Å². The summed E-state index contributed by atoms with van der Waals surface area (Å²) in [7, 11) is 2.27. The number of piperidine rings is 1. The van der Waals surface area contributed by atoms with Gasteiger partial charge in [-0.1, -0.05) is 0 Å². The van der Waals surface area contributed by atoms with Crippen LogP contribution in [0.5, 0.6) is 0 Å². The van der Waals surface area contributed by atoms with E-state index < -0.39 is 0 Å². The third-order valence-electron chi connectivity index (χ3n) is 4.89. The van der Waals surface area contributed by atoms with Gasteiger partial charge < -0.3 is 10.2 Å². The Morgan fingerprint density at radius 1 is 1.47 bits per heavy atom. The van der Waals surface area contributed by atoms with Gasteiger partial charge in [-0.2, -0.15) is 0 Å². The largest absolute Gasteiger partial charge is 0.366 e. The molecule has 0 amide bonds. The molecule has 4 rings (SSSR count). The van der Waals surface area contributed by atoms with Crippen molar-refractivity contribution < 1.29 is 0 Å². The highest BCUT2D eigenvalue weighted by Crippen LogP contribution is 2.71. The number of hydrogen-bond donors (Lipinski definition) is 1. The van der Waals surface area contributed by atoms with Gasteiger partial charge in [0.05, 0.1) is 0 Å². The Balaban J connectivity index is 1.49. The second-order valence-electron chi connectivity index (χ2n) is 5.84. The van der Waals surface area contributed by atoms with Crippen LogP contribution in [0.3, 0.4) is 0 Å². The van der Waals surface area contributed by atoms with Crippen molar-refractivity contribution in [2.75, 3.05) is 18.9 Å². The molecule has 90 valence electrons. The Hall–Kier alpha value is -0.610. The minimum absolute atomic E-state index is 0.598. The van der Waals surface area contributed by atoms with E-state index >= 15 is 0 Å². The highest BCUT2D eigenvalue weighted by molar-refractivity contribution is 9.10. The van der Waals surface area contributed by atoms with E-state index in [0.29, 0.717) is 11.5 Å². The van der Waals surface area contributed by atoms with Gasteiger partial charge in [0, 0.05) is 29.3 Å². The van der Waals surface area contributed by atoms with E-state index in [9.17, 15) is 0 Å². The minimum atomic E-state index is 0.598. The van der Waals surface area contributed by atoms with Crippen molar-refractivity contribution in [3.8, 4) is 0 Å². The summed E-state index contributed by atoms with van der Waals surface area (Å²) in [5.41, 5.74) is 0.696. The molecule has 4 unspecified atom stereocenters. The highest BCUT2D eigenvalue weighted by Gasteiger charge is 2.73. The third-order valence-corrected chi connectivity index (χ3v) is 5.36. The molecule has 2 heterocycles. The average Bonchev–Trinajstić information content (AvgIpc) is 2.91. The Morgan fingerprint density at radius 2 is 2.35 bits per heavy atom. The Labute approximate surface area is 110 Å². The van der Waals surface area contributed by atoms with Gasteiger partial charge in [-0.05, 0) is 59.3 Å². The molecule has 1 N–H and O–H groups in total. The molecule has 0 radical (unpaired) electrons. The lowest BCUT2D eigenvalue weighted by Crippen LogP contribution is -2.57. The molecule has 3 fully saturated rings. The van der Waals surface area contributed by atoms with Crippen molar-refractivity contribution in [2.24, 2.45) is 11.3 Å². The van der Waals surface area contributed by atoms with Crippen LogP contribution in [-0.2, 0) is 0 Å². The summed E-state index contributed by atoms with van der Waals surface area (Å²) in [6.45, 7) is 1.30. The van der Waals surface area contributed by atoms with Gasteiger partial charge in [0.2, 0.25) is 0 Å². The molecule has 3 aliphatic rings. The molecule has 1 saturated heterocycles. The topological polar surface area (TPSA) is 28.2 Å². The maximum absolute atomic E-state index is 4.40. The lowest BCUT2D eigenvalue weighted by molar-refractivity contribution is 0.0978. The molecule has 0 aromatic carbocycles. The van der Waals surface area contributed by atoms with Crippen LogP contribution in [0.15, 0.2) is 22.8 Å². The lowest BCUT2D eigenvalue weighted by atomic mass is 9.71. The Morgan fingerprint density at radius 3 is 3.06 bits per heavy atom. The van der Waals surface area contributed by atoms with E-state index in [2.05, 4.69) is 44.2 Å². The maximum Gasteiger partial charge on any atom is 0.126 e. The number of nitrogens with one attached hydrogen (secondary N) is 1. The molecule has 1 aromatic rings. The molecule has 1 spiro atoms. The van der Waals surface area contributed by atoms with Gasteiger partial charge in [0.25, 0.3) is 0 Å². The highest BCUT2D eigenvalue weighted by atomic mass is 79.9. The number of hydrogen-bond acceptors (Lipinski definition) is 3. The zero-order valence-electron chi connectivity index (χ0n) is 9.86. The molecular formula is C13H16BrN3. The minimum Gasteiger partial charge on any atom is -0.366 e. The summed E-state index contributed by atoms with van der Waals surface area (Å²) >= 11 is 3.41. The average molecular weight is 294 g/mol. The molecule has 1 aliphatic heterocycles. The van der Waals surface area contributed by atoms with Crippen LogP contribution in [0.1, 0.15) is 12.8 Å². The molecule has 2 saturated carbocycles. The molecule has 3 nitrogen and oxygen atoms in total. The van der Waals surface area contributed by atoms with Crippen LogP contribution < -0.4 is 5.32 Å².